The third kappa shape index (κ3) is 3.07. The fourth-order valence-electron chi connectivity index (χ4n) is 2.25. The van der Waals surface area contributed by atoms with E-state index in [1.807, 2.05) is 0 Å². The van der Waals surface area contributed by atoms with Crippen molar-refractivity contribution >= 4 is 27.4 Å². The summed E-state index contributed by atoms with van der Waals surface area (Å²) in [4.78, 5) is 11.2. The molecule has 2 N–H and O–H groups in total. The fourth-order valence-corrected chi connectivity index (χ4v) is 2.93. The first-order chi connectivity index (χ1) is 9.54. The van der Waals surface area contributed by atoms with Crippen molar-refractivity contribution < 1.29 is 49.0 Å². The molecule has 5 unspecified atom stereocenters. The molecule has 122 valence electrons. The van der Waals surface area contributed by atoms with Crippen LogP contribution in [0.3, 0.4) is 0 Å². The van der Waals surface area contributed by atoms with Crippen LogP contribution in [-0.2, 0) is 39.9 Å². The molecule has 2 bridgehead atoms. The summed E-state index contributed by atoms with van der Waals surface area (Å²) >= 11 is -2.76. The zero-order chi connectivity index (χ0) is 16.0. The third-order valence-corrected chi connectivity index (χ3v) is 4.34. The maximum absolute atomic E-state index is 13.1. The molecule has 2 aliphatic rings. The van der Waals surface area contributed by atoms with E-state index in [1.165, 1.54) is 0 Å². The van der Waals surface area contributed by atoms with Crippen LogP contribution in [0.4, 0.5) is 8.78 Å². The van der Waals surface area contributed by atoms with E-state index in [-0.39, 0.29) is 0 Å². The van der Waals surface area contributed by atoms with Gasteiger partial charge in [-0.15, -0.1) is 0 Å². The van der Waals surface area contributed by atoms with Gasteiger partial charge in [-0.25, -0.2) is 4.79 Å². The first-order valence-electron chi connectivity index (χ1n) is 5.53. The maximum Gasteiger partial charge on any atom is 0.465 e. The number of halogens is 2. The monoisotopic (exact) mass is 352 g/mol. The van der Waals surface area contributed by atoms with Crippen molar-refractivity contribution in [3.05, 3.63) is 0 Å². The van der Waals surface area contributed by atoms with Crippen molar-refractivity contribution in [3.63, 3.8) is 0 Å². The molecule has 0 spiro atoms. The van der Waals surface area contributed by atoms with Gasteiger partial charge in [0.2, 0.25) is 0 Å². The molecule has 9 nitrogen and oxygen atoms in total. The quantitative estimate of drug-likeness (QED) is 0.380. The highest BCUT2D eigenvalue weighted by Crippen LogP contribution is 2.39. The number of fused-ring (bicyclic) bond motifs is 2. The normalized spacial score (nSPS) is 33.9. The Morgan fingerprint density at radius 3 is 2.29 bits per heavy atom. The summed E-state index contributed by atoms with van der Waals surface area (Å²) in [6.45, 7) is 0. The van der Waals surface area contributed by atoms with E-state index in [2.05, 4.69) is 8.92 Å². The van der Waals surface area contributed by atoms with Crippen LogP contribution < -0.4 is 0 Å². The molecule has 0 amide bonds. The van der Waals surface area contributed by atoms with Crippen molar-refractivity contribution in [1.29, 1.82) is 0 Å². The molecule has 2 rings (SSSR count). The summed E-state index contributed by atoms with van der Waals surface area (Å²) in [6, 6.07) is 0. The van der Waals surface area contributed by atoms with Crippen LogP contribution in [0.25, 0.3) is 0 Å². The standard InChI is InChI=1S/C8H10F2O9S2/c9-8(10,21(14,15)16)7(11)18-5-3-1-2-4(17-3)6(5)19-20(12)13/h3-6H,1-2H2,(H,12,13)(H,14,15,16). The molecule has 2 saturated heterocycles. The van der Waals surface area contributed by atoms with E-state index < -0.39 is 57.1 Å². The summed E-state index contributed by atoms with van der Waals surface area (Å²) in [5.41, 5.74) is 0. The molecule has 2 aliphatic heterocycles. The number of carbonyl (C=O) groups excluding carboxylic acids is 1. The Balaban J connectivity index is 2.14. The lowest BCUT2D eigenvalue weighted by molar-refractivity contribution is -0.173. The Kier molecular flexibility index (Phi) is 4.34. The number of rotatable bonds is 5. The van der Waals surface area contributed by atoms with E-state index in [9.17, 15) is 26.2 Å². The van der Waals surface area contributed by atoms with E-state index in [0.717, 1.165) is 0 Å². The van der Waals surface area contributed by atoms with Gasteiger partial charge in [-0.1, -0.05) is 0 Å². The minimum absolute atomic E-state index is 0.317. The summed E-state index contributed by atoms with van der Waals surface area (Å²) in [7, 11) is -6.00. The van der Waals surface area contributed by atoms with Gasteiger partial charge in [-0.3, -0.25) is 13.3 Å². The molecular weight excluding hydrogens is 342 g/mol. The van der Waals surface area contributed by atoms with Crippen LogP contribution in [0.5, 0.6) is 0 Å². The second kappa shape index (κ2) is 5.48. The minimum atomic E-state index is -6.00. The first kappa shape index (κ1) is 16.6. The van der Waals surface area contributed by atoms with Crippen LogP contribution in [0.2, 0.25) is 0 Å². The molecule has 13 heteroatoms. The highest BCUT2D eigenvalue weighted by molar-refractivity contribution is 7.87. The molecule has 0 aliphatic carbocycles. The Labute approximate surface area is 119 Å². The average molecular weight is 352 g/mol. The predicted molar refractivity (Wildman–Crippen MR) is 59.9 cm³/mol. The predicted octanol–water partition coefficient (Wildman–Crippen LogP) is -0.538. The summed E-state index contributed by atoms with van der Waals surface area (Å²) in [5, 5.41) is -5.16. The van der Waals surface area contributed by atoms with E-state index >= 15 is 0 Å². The van der Waals surface area contributed by atoms with Crippen LogP contribution >= 0.6 is 0 Å². The zero-order valence-corrected chi connectivity index (χ0v) is 11.7. The van der Waals surface area contributed by atoms with Gasteiger partial charge in [0.15, 0.2) is 6.10 Å². The van der Waals surface area contributed by atoms with Crippen molar-refractivity contribution in [2.45, 2.75) is 42.5 Å². The Hall–Kier alpha value is -0.730. The van der Waals surface area contributed by atoms with Gasteiger partial charge in [0.05, 0.1) is 12.2 Å². The fraction of sp³-hybridized carbons (Fsp3) is 0.875. The first-order valence-corrected chi connectivity index (χ1v) is 8.00. The van der Waals surface area contributed by atoms with Crippen molar-refractivity contribution in [2.75, 3.05) is 0 Å². The lowest BCUT2D eigenvalue weighted by atomic mass is 9.95. The highest BCUT2D eigenvalue weighted by atomic mass is 32.2. The lowest BCUT2D eigenvalue weighted by Gasteiger charge is -2.26. The second-order valence-corrected chi connectivity index (χ2v) is 6.52. The molecule has 5 atom stereocenters. The Morgan fingerprint density at radius 1 is 1.29 bits per heavy atom. The van der Waals surface area contributed by atoms with Crippen LogP contribution in [0.1, 0.15) is 12.8 Å². The summed E-state index contributed by atoms with van der Waals surface area (Å²) < 4.78 is 88.7. The Morgan fingerprint density at radius 2 is 1.81 bits per heavy atom. The third-order valence-electron chi connectivity index (χ3n) is 3.14. The van der Waals surface area contributed by atoms with Gasteiger partial charge in [0.1, 0.15) is 6.10 Å². The van der Waals surface area contributed by atoms with E-state index in [4.69, 9.17) is 13.8 Å². The number of hydrogen-bond acceptors (Lipinski definition) is 7. The van der Waals surface area contributed by atoms with Crippen molar-refractivity contribution in [1.82, 2.24) is 0 Å². The average Bonchev–Trinajstić information content (AvgIpc) is 2.90. The smallest absolute Gasteiger partial charge is 0.451 e. The van der Waals surface area contributed by atoms with Crippen LogP contribution in [0.15, 0.2) is 0 Å². The molecule has 0 aromatic rings. The zero-order valence-electron chi connectivity index (χ0n) is 10.0. The van der Waals surface area contributed by atoms with Gasteiger partial charge >= 0.3 is 32.7 Å². The van der Waals surface area contributed by atoms with Gasteiger partial charge in [-0.05, 0) is 12.8 Å². The number of esters is 1. The molecule has 0 saturated carbocycles. The number of carbonyl (C=O) groups is 1. The van der Waals surface area contributed by atoms with Crippen LogP contribution in [0, 0.1) is 0 Å². The summed E-state index contributed by atoms with van der Waals surface area (Å²) in [5.74, 6) is -2.51. The maximum atomic E-state index is 13.1. The van der Waals surface area contributed by atoms with E-state index in [0.29, 0.717) is 12.8 Å². The molecule has 0 radical (unpaired) electrons. The van der Waals surface area contributed by atoms with Gasteiger partial charge in [0.25, 0.3) is 0 Å². The lowest BCUT2D eigenvalue weighted by Crippen LogP contribution is -2.47. The molecular formula is C8H10F2O9S2. The van der Waals surface area contributed by atoms with Crippen molar-refractivity contribution in [3.8, 4) is 0 Å². The van der Waals surface area contributed by atoms with Crippen LogP contribution in [-0.4, -0.2) is 57.4 Å². The number of alkyl halides is 2. The largest absolute Gasteiger partial charge is 0.465 e. The molecule has 2 heterocycles. The SMILES string of the molecule is O=C(OC1C2CCC(O2)C1OS(=O)O)C(F)(F)S(=O)(=O)O. The van der Waals surface area contributed by atoms with Gasteiger partial charge < -0.3 is 9.47 Å². The highest BCUT2D eigenvalue weighted by Gasteiger charge is 2.59. The Bertz CT molecular complexity index is 562. The second-order valence-electron chi connectivity index (χ2n) is 4.43. The van der Waals surface area contributed by atoms with Gasteiger partial charge in [0, 0.05) is 0 Å². The van der Waals surface area contributed by atoms with Crippen molar-refractivity contribution in [2.24, 2.45) is 0 Å². The molecule has 2 fully saturated rings. The molecule has 21 heavy (non-hydrogen) atoms. The number of ether oxygens (including phenoxy) is 2. The number of hydrogen-bond donors (Lipinski definition) is 2. The minimum Gasteiger partial charge on any atom is -0.451 e. The topological polar surface area (TPSA) is 136 Å². The van der Waals surface area contributed by atoms with E-state index in [1.54, 1.807) is 0 Å². The molecule has 0 aromatic heterocycles. The summed E-state index contributed by atoms with van der Waals surface area (Å²) in [6.07, 6.45) is -3.63. The van der Waals surface area contributed by atoms with Gasteiger partial charge in [-0.2, -0.15) is 21.4 Å². The molecule has 0 aromatic carbocycles.